The first-order valence-corrected chi connectivity index (χ1v) is 11.2. The Labute approximate surface area is 187 Å². The van der Waals surface area contributed by atoms with Crippen molar-refractivity contribution in [3.8, 4) is 5.88 Å². The van der Waals surface area contributed by atoms with Gasteiger partial charge in [0.25, 0.3) is 5.88 Å². The number of ether oxygens (including phenoxy) is 1. The number of rotatable bonds is 5. The number of hydrogen-bond acceptors (Lipinski definition) is 5. The van der Waals surface area contributed by atoms with Gasteiger partial charge in [-0.05, 0) is 43.4 Å². The van der Waals surface area contributed by atoms with Crippen LogP contribution in [-0.4, -0.2) is 35.6 Å². The highest BCUT2D eigenvalue weighted by Crippen LogP contribution is 2.31. The Morgan fingerprint density at radius 3 is 2.62 bits per heavy atom. The minimum Gasteiger partial charge on any atom is -0.475 e. The molecule has 1 aliphatic heterocycles. The summed E-state index contributed by atoms with van der Waals surface area (Å²) in [7, 11) is 0. The lowest BCUT2D eigenvalue weighted by Crippen LogP contribution is -2.41. The molecule has 32 heavy (non-hydrogen) atoms. The minimum atomic E-state index is -0.134. The van der Waals surface area contributed by atoms with Crippen LogP contribution in [0.4, 0.5) is 11.5 Å². The largest absolute Gasteiger partial charge is 0.475 e. The second kappa shape index (κ2) is 8.83. The van der Waals surface area contributed by atoms with Crippen LogP contribution in [0.2, 0.25) is 0 Å². The van der Waals surface area contributed by atoms with Gasteiger partial charge in [-0.3, -0.25) is 4.79 Å². The molecule has 1 fully saturated rings. The Bertz CT molecular complexity index is 1270. The molecule has 6 nitrogen and oxygen atoms in total. The first kappa shape index (κ1) is 20.2. The van der Waals surface area contributed by atoms with Gasteiger partial charge in [-0.1, -0.05) is 48.5 Å². The summed E-state index contributed by atoms with van der Waals surface area (Å²) in [6.07, 6.45) is 1.76. The van der Waals surface area contributed by atoms with Gasteiger partial charge in [0.05, 0.1) is 23.6 Å². The SMILES string of the molecule is CCOc1nc2ccccc2nc1N1CCC[C@@H](C(=O)Nc2cccc3ccccc23)C1. The molecular formula is C26H26N4O2. The van der Waals surface area contributed by atoms with Crippen LogP contribution in [0.25, 0.3) is 21.8 Å². The zero-order valence-electron chi connectivity index (χ0n) is 18.1. The molecule has 1 atom stereocenters. The number of hydrogen-bond donors (Lipinski definition) is 1. The van der Waals surface area contributed by atoms with Crippen molar-refractivity contribution >= 4 is 39.2 Å². The monoisotopic (exact) mass is 426 g/mol. The second-order valence-corrected chi connectivity index (χ2v) is 8.08. The number of carbonyl (C=O) groups is 1. The highest BCUT2D eigenvalue weighted by atomic mass is 16.5. The average molecular weight is 427 g/mol. The number of benzene rings is 3. The van der Waals surface area contributed by atoms with Gasteiger partial charge >= 0.3 is 0 Å². The Balaban J connectivity index is 1.39. The zero-order chi connectivity index (χ0) is 21.9. The summed E-state index contributed by atoms with van der Waals surface area (Å²) in [6.45, 7) is 3.87. The zero-order valence-corrected chi connectivity index (χ0v) is 18.1. The summed E-state index contributed by atoms with van der Waals surface area (Å²) in [5, 5.41) is 5.33. The summed E-state index contributed by atoms with van der Waals surface area (Å²) in [4.78, 5) is 24.9. The van der Waals surface area contributed by atoms with Crippen molar-refractivity contribution in [2.45, 2.75) is 19.8 Å². The lowest BCUT2D eigenvalue weighted by molar-refractivity contribution is -0.120. The number of carbonyl (C=O) groups excluding carboxylic acids is 1. The standard InChI is InChI=1S/C26H26N4O2/c1-2-32-26-24(27-22-13-5-6-14-23(22)29-26)30-16-8-11-19(17-30)25(31)28-21-15-7-10-18-9-3-4-12-20(18)21/h3-7,9-10,12-15,19H,2,8,11,16-17H2,1H3,(H,28,31)/t19-/m1/s1. The molecule has 0 radical (unpaired) electrons. The van der Waals surface area contributed by atoms with E-state index in [4.69, 9.17) is 9.72 Å². The van der Waals surface area contributed by atoms with Crippen LogP contribution in [0.1, 0.15) is 19.8 Å². The predicted molar refractivity (Wildman–Crippen MR) is 128 cm³/mol. The van der Waals surface area contributed by atoms with E-state index in [1.807, 2.05) is 61.5 Å². The van der Waals surface area contributed by atoms with Gasteiger partial charge in [0.1, 0.15) is 0 Å². The van der Waals surface area contributed by atoms with Crippen molar-refractivity contribution in [2.24, 2.45) is 5.92 Å². The predicted octanol–water partition coefficient (Wildman–Crippen LogP) is 5.04. The lowest BCUT2D eigenvalue weighted by Gasteiger charge is -2.33. The molecule has 3 aromatic carbocycles. The smallest absolute Gasteiger partial charge is 0.258 e. The van der Waals surface area contributed by atoms with E-state index < -0.39 is 0 Å². The van der Waals surface area contributed by atoms with E-state index in [-0.39, 0.29) is 11.8 Å². The number of amides is 1. The van der Waals surface area contributed by atoms with Crippen molar-refractivity contribution in [2.75, 3.05) is 29.9 Å². The third-order valence-corrected chi connectivity index (χ3v) is 5.94. The first-order chi connectivity index (χ1) is 15.7. The molecule has 0 saturated carbocycles. The van der Waals surface area contributed by atoms with Gasteiger partial charge in [0, 0.05) is 24.2 Å². The van der Waals surface area contributed by atoms with Gasteiger partial charge in [-0.15, -0.1) is 0 Å². The molecule has 5 rings (SSSR count). The molecule has 1 N–H and O–H groups in total. The minimum absolute atomic E-state index is 0.0396. The van der Waals surface area contributed by atoms with Crippen molar-refractivity contribution in [1.82, 2.24) is 9.97 Å². The van der Waals surface area contributed by atoms with Gasteiger partial charge in [0.2, 0.25) is 5.91 Å². The summed E-state index contributed by atoms with van der Waals surface area (Å²) in [6, 6.07) is 21.9. The fourth-order valence-electron chi connectivity index (χ4n) is 4.37. The van der Waals surface area contributed by atoms with E-state index >= 15 is 0 Å². The van der Waals surface area contributed by atoms with E-state index in [0.717, 1.165) is 46.9 Å². The van der Waals surface area contributed by atoms with E-state index in [0.29, 0.717) is 24.8 Å². The van der Waals surface area contributed by atoms with Crippen LogP contribution in [0.5, 0.6) is 5.88 Å². The van der Waals surface area contributed by atoms with Crippen LogP contribution < -0.4 is 15.0 Å². The quantitative estimate of drug-likeness (QED) is 0.484. The number of nitrogens with zero attached hydrogens (tertiary/aromatic N) is 3. The molecule has 4 aromatic rings. The highest BCUT2D eigenvalue weighted by molar-refractivity contribution is 6.03. The Morgan fingerprint density at radius 1 is 1.03 bits per heavy atom. The number of fused-ring (bicyclic) bond motifs is 2. The number of anilines is 2. The number of para-hydroxylation sites is 2. The first-order valence-electron chi connectivity index (χ1n) is 11.2. The molecule has 6 heteroatoms. The second-order valence-electron chi connectivity index (χ2n) is 8.08. The Morgan fingerprint density at radius 2 is 1.78 bits per heavy atom. The van der Waals surface area contributed by atoms with Gasteiger partial charge in [0.15, 0.2) is 5.82 Å². The van der Waals surface area contributed by atoms with E-state index in [1.165, 1.54) is 0 Å². The normalized spacial score (nSPS) is 16.3. The van der Waals surface area contributed by atoms with Crippen molar-refractivity contribution in [1.29, 1.82) is 0 Å². The summed E-state index contributed by atoms with van der Waals surface area (Å²) in [5.74, 6) is 1.15. The average Bonchev–Trinajstić information content (AvgIpc) is 2.84. The molecule has 0 spiro atoms. The van der Waals surface area contributed by atoms with Gasteiger partial charge in [-0.25, -0.2) is 9.97 Å². The van der Waals surface area contributed by atoms with Crippen molar-refractivity contribution < 1.29 is 9.53 Å². The third kappa shape index (κ3) is 3.96. The molecule has 1 saturated heterocycles. The summed E-state index contributed by atoms with van der Waals surface area (Å²) < 4.78 is 5.82. The number of nitrogens with one attached hydrogen (secondary N) is 1. The van der Waals surface area contributed by atoms with Crippen LogP contribution in [-0.2, 0) is 4.79 Å². The van der Waals surface area contributed by atoms with Crippen LogP contribution in [0, 0.1) is 5.92 Å². The number of aromatic nitrogens is 2. The molecule has 0 bridgehead atoms. The molecule has 1 aromatic heterocycles. The lowest BCUT2D eigenvalue weighted by atomic mass is 9.96. The van der Waals surface area contributed by atoms with Crippen LogP contribution in [0.15, 0.2) is 66.7 Å². The fourth-order valence-corrected chi connectivity index (χ4v) is 4.37. The van der Waals surface area contributed by atoms with E-state index in [9.17, 15) is 4.79 Å². The Kier molecular flexibility index (Phi) is 5.58. The molecule has 2 heterocycles. The molecule has 1 aliphatic rings. The fraction of sp³-hybridized carbons (Fsp3) is 0.269. The maximum absolute atomic E-state index is 13.2. The number of piperidine rings is 1. The van der Waals surface area contributed by atoms with Crippen LogP contribution >= 0.6 is 0 Å². The maximum atomic E-state index is 13.2. The summed E-state index contributed by atoms with van der Waals surface area (Å²) >= 11 is 0. The van der Waals surface area contributed by atoms with E-state index in [2.05, 4.69) is 27.3 Å². The molecule has 0 aliphatic carbocycles. The van der Waals surface area contributed by atoms with Gasteiger partial charge in [-0.2, -0.15) is 0 Å². The van der Waals surface area contributed by atoms with Gasteiger partial charge < -0.3 is 15.0 Å². The third-order valence-electron chi connectivity index (χ3n) is 5.94. The highest BCUT2D eigenvalue weighted by Gasteiger charge is 2.29. The topological polar surface area (TPSA) is 67.4 Å². The molecular weight excluding hydrogens is 400 g/mol. The van der Waals surface area contributed by atoms with E-state index in [1.54, 1.807) is 0 Å². The summed E-state index contributed by atoms with van der Waals surface area (Å²) in [5.41, 5.74) is 2.49. The van der Waals surface area contributed by atoms with Crippen LogP contribution in [0.3, 0.4) is 0 Å². The maximum Gasteiger partial charge on any atom is 0.258 e. The van der Waals surface area contributed by atoms with Crippen molar-refractivity contribution in [3.05, 3.63) is 66.7 Å². The molecule has 0 unspecified atom stereocenters. The Hall–Kier alpha value is -3.67. The molecule has 162 valence electrons. The van der Waals surface area contributed by atoms with Crippen molar-refractivity contribution in [3.63, 3.8) is 0 Å². The molecule has 1 amide bonds.